The minimum absolute atomic E-state index is 0.0000463. The number of hydrogen-bond donors (Lipinski definition) is 1. The minimum atomic E-state index is -0.307. The Hall–Kier alpha value is -1.16. The lowest BCUT2D eigenvalue weighted by molar-refractivity contribution is -0.122. The van der Waals surface area contributed by atoms with E-state index in [2.05, 4.69) is 10.3 Å². The van der Waals surface area contributed by atoms with Crippen LogP contribution in [0.1, 0.15) is 10.9 Å². The maximum atomic E-state index is 11.3. The van der Waals surface area contributed by atoms with Crippen LogP contribution in [-0.2, 0) is 4.79 Å². The minimum Gasteiger partial charge on any atom is -0.349 e. The van der Waals surface area contributed by atoms with Gasteiger partial charge >= 0.3 is 0 Å². The molecule has 1 aromatic heterocycles. The highest BCUT2D eigenvalue weighted by molar-refractivity contribution is 7.10. The molecule has 62 valence electrons. The Bertz CT molecular complexity index is 305. The summed E-state index contributed by atoms with van der Waals surface area (Å²) in [5, 5.41) is 4.69. The topological polar surface area (TPSA) is 41.5 Å². The van der Waals surface area contributed by atoms with E-state index in [1.54, 1.807) is 17.6 Å². The van der Waals surface area contributed by atoms with Crippen molar-refractivity contribution in [2.45, 2.75) is 6.04 Å². The van der Waals surface area contributed by atoms with Gasteiger partial charge < -0.3 is 5.32 Å². The number of thiophene rings is 1. The third kappa shape index (κ3) is 1.25. The fourth-order valence-electron chi connectivity index (χ4n) is 1.12. The molecule has 0 saturated heterocycles. The highest BCUT2D eigenvalue weighted by Gasteiger charge is 2.21. The fraction of sp³-hybridized carbons (Fsp3) is 0.250. The van der Waals surface area contributed by atoms with Crippen molar-refractivity contribution in [3.05, 3.63) is 22.4 Å². The number of rotatable bonds is 1. The van der Waals surface area contributed by atoms with Crippen LogP contribution in [-0.4, -0.2) is 18.7 Å². The Labute approximate surface area is 74.1 Å². The second-order valence-corrected chi connectivity index (χ2v) is 3.47. The summed E-state index contributed by atoms with van der Waals surface area (Å²) in [4.78, 5) is 16.4. The smallest absolute Gasteiger partial charge is 0.250 e. The van der Waals surface area contributed by atoms with Gasteiger partial charge in [0, 0.05) is 11.1 Å². The van der Waals surface area contributed by atoms with Crippen LogP contribution in [0.15, 0.2) is 22.5 Å². The zero-order chi connectivity index (χ0) is 8.39. The van der Waals surface area contributed by atoms with Crippen LogP contribution in [0.4, 0.5) is 0 Å². The molecule has 2 heterocycles. The lowest BCUT2D eigenvalue weighted by Gasteiger charge is -2.14. The fourth-order valence-corrected chi connectivity index (χ4v) is 1.89. The van der Waals surface area contributed by atoms with Crippen molar-refractivity contribution in [3.8, 4) is 0 Å². The van der Waals surface area contributed by atoms with E-state index in [4.69, 9.17) is 0 Å². The first-order chi connectivity index (χ1) is 5.88. The monoisotopic (exact) mass is 180 g/mol. The highest BCUT2D eigenvalue weighted by atomic mass is 32.1. The van der Waals surface area contributed by atoms with Crippen LogP contribution in [0, 0.1) is 0 Å². The van der Waals surface area contributed by atoms with E-state index in [1.165, 1.54) is 0 Å². The van der Waals surface area contributed by atoms with Crippen molar-refractivity contribution >= 4 is 23.5 Å². The Morgan fingerprint density at radius 1 is 1.67 bits per heavy atom. The van der Waals surface area contributed by atoms with Crippen molar-refractivity contribution < 1.29 is 4.79 Å². The van der Waals surface area contributed by atoms with Crippen molar-refractivity contribution in [2.75, 3.05) is 6.54 Å². The summed E-state index contributed by atoms with van der Waals surface area (Å²) in [6.45, 7) is 0.556. The molecule has 1 amide bonds. The molecule has 1 atom stereocenters. The van der Waals surface area contributed by atoms with E-state index in [0.717, 1.165) is 4.88 Å². The van der Waals surface area contributed by atoms with Crippen LogP contribution in [0.25, 0.3) is 0 Å². The first-order valence-electron chi connectivity index (χ1n) is 3.70. The van der Waals surface area contributed by atoms with Gasteiger partial charge in [0.1, 0.15) is 0 Å². The average Bonchev–Trinajstić information content (AvgIpc) is 2.57. The van der Waals surface area contributed by atoms with Crippen LogP contribution >= 0.6 is 11.3 Å². The molecule has 0 bridgehead atoms. The van der Waals surface area contributed by atoms with Crippen molar-refractivity contribution in [1.82, 2.24) is 5.32 Å². The quantitative estimate of drug-likeness (QED) is 0.688. The highest BCUT2D eigenvalue weighted by Crippen LogP contribution is 2.23. The lowest BCUT2D eigenvalue weighted by Crippen LogP contribution is -2.33. The van der Waals surface area contributed by atoms with E-state index in [0.29, 0.717) is 6.54 Å². The Morgan fingerprint density at radius 3 is 3.25 bits per heavy atom. The first-order valence-corrected chi connectivity index (χ1v) is 4.58. The molecule has 4 heteroatoms. The van der Waals surface area contributed by atoms with E-state index >= 15 is 0 Å². The summed E-state index contributed by atoms with van der Waals surface area (Å²) in [7, 11) is 0. The largest absolute Gasteiger partial charge is 0.349 e. The lowest BCUT2D eigenvalue weighted by atomic mass is 10.2. The molecule has 0 aromatic carbocycles. The Morgan fingerprint density at radius 2 is 2.58 bits per heavy atom. The van der Waals surface area contributed by atoms with Gasteiger partial charge in [0.2, 0.25) is 0 Å². The number of carbonyl (C=O) groups excluding carboxylic acids is 1. The molecule has 1 aliphatic heterocycles. The van der Waals surface area contributed by atoms with Gasteiger partial charge in [0.15, 0.2) is 6.04 Å². The normalized spacial score (nSPS) is 22.3. The summed E-state index contributed by atoms with van der Waals surface area (Å²) < 4.78 is 0. The van der Waals surface area contributed by atoms with Gasteiger partial charge in [-0.2, -0.15) is 0 Å². The summed E-state index contributed by atoms with van der Waals surface area (Å²) in [5.74, 6) is -0.0000463. The van der Waals surface area contributed by atoms with E-state index in [9.17, 15) is 4.79 Å². The van der Waals surface area contributed by atoms with Gasteiger partial charge in [-0.05, 0) is 11.4 Å². The molecular weight excluding hydrogens is 172 g/mol. The molecule has 1 aliphatic rings. The maximum absolute atomic E-state index is 11.3. The van der Waals surface area contributed by atoms with Crippen LogP contribution in [0.3, 0.4) is 0 Å². The van der Waals surface area contributed by atoms with Crippen molar-refractivity contribution in [1.29, 1.82) is 0 Å². The number of nitrogens with one attached hydrogen (secondary N) is 1. The predicted octanol–water partition coefficient (Wildman–Crippen LogP) is 0.990. The number of carbonyl (C=O) groups is 1. The number of hydrogen-bond acceptors (Lipinski definition) is 3. The summed E-state index contributed by atoms with van der Waals surface area (Å²) in [6, 6.07) is 3.55. The Kier molecular flexibility index (Phi) is 1.91. The molecule has 0 radical (unpaired) electrons. The van der Waals surface area contributed by atoms with E-state index in [1.807, 2.05) is 17.5 Å². The molecule has 12 heavy (non-hydrogen) atoms. The molecule has 3 nitrogen and oxygen atoms in total. The summed E-state index contributed by atoms with van der Waals surface area (Å²) >= 11 is 1.56. The van der Waals surface area contributed by atoms with Gasteiger partial charge in [-0.15, -0.1) is 11.3 Å². The molecule has 0 saturated carbocycles. The second-order valence-electron chi connectivity index (χ2n) is 2.49. The number of aliphatic imine (C=N–C) groups is 1. The molecule has 1 aromatic rings. The Balaban J connectivity index is 2.28. The molecule has 2 rings (SSSR count). The van der Waals surface area contributed by atoms with Gasteiger partial charge in [-0.1, -0.05) is 6.07 Å². The van der Waals surface area contributed by atoms with Gasteiger partial charge in [-0.3, -0.25) is 9.79 Å². The average molecular weight is 180 g/mol. The predicted molar refractivity (Wildman–Crippen MR) is 48.6 cm³/mol. The summed E-state index contributed by atoms with van der Waals surface area (Å²) in [6.07, 6.45) is 1.74. The van der Waals surface area contributed by atoms with Crippen molar-refractivity contribution in [3.63, 3.8) is 0 Å². The molecule has 1 N–H and O–H groups in total. The van der Waals surface area contributed by atoms with E-state index < -0.39 is 0 Å². The second kappa shape index (κ2) is 3.06. The zero-order valence-electron chi connectivity index (χ0n) is 6.36. The maximum Gasteiger partial charge on any atom is 0.250 e. The van der Waals surface area contributed by atoms with Crippen molar-refractivity contribution in [2.24, 2.45) is 4.99 Å². The standard InChI is InChI=1S/C8H8N2OS/c11-8-7(9-3-4-10-8)6-2-1-5-12-6/h1-3,5,7H,4H2,(H,10,11). The van der Waals surface area contributed by atoms with Gasteiger partial charge in [0.05, 0.1) is 6.54 Å². The molecule has 0 aliphatic carbocycles. The molecule has 0 spiro atoms. The van der Waals surface area contributed by atoms with E-state index in [-0.39, 0.29) is 11.9 Å². The molecule has 1 unspecified atom stereocenters. The zero-order valence-corrected chi connectivity index (χ0v) is 7.17. The molecule has 0 fully saturated rings. The van der Waals surface area contributed by atoms with Gasteiger partial charge in [-0.25, -0.2) is 0 Å². The number of amides is 1. The van der Waals surface area contributed by atoms with Crippen LogP contribution in [0.5, 0.6) is 0 Å². The molecular formula is C8H8N2OS. The first kappa shape index (κ1) is 7.49. The van der Waals surface area contributed by atoms with Crippen LogP contribution in [0.2, 0.25) is 0 Å². The SMILES string of the molecule is O=C1NCC=NC1c1cccs1. The third-order valence-corrected chi connectivity index (χ3v) is 2.61. The third-order valence-electron chi connectivity index (χ3n) is 1.68. The van der Waals surface area contributed by atoms with Crippen LogP contribution < -0.4 is 5.32 Å². The summed E-state index contributed by atoms with van der Waals surface area (Å²) in [5.41, 5.74) is 0. The number of nitrogens with zero attached hydrogens (tertiary/aromatic N) is 1. The van der Waals surface area contributed by atoms with Gasteiger partial charge in [0.25, 0.3) is 5.91 Å².